The highest BCUT2D eigenvalue weighted by molar-refractivity contribution is 5.83. The van der Waals surface area contributed by atoms with Crippen molar-refractivity contribution in [2.75, 3.05) is 0 Å². The molecule has 0 bridgehead atoms. The van der Waals surface area contributed by atoms with Gasteiger partial charge in [-0.2, -0.15) is 10.4 Å². The van der Waals surface area contributed by atoms with Crippen LogP contribution in [0.2, 0.25) is 0 Å². The predicted molar refractivity (Wildman–Crippen MR) is 128 cm³/mol. The van der Waals surface area contributed by atoms with E-state index in [4.69, 9.17) is 0 Å². The second-order valence-corrected chi connectivity index (χ2v) is 8.14. The van der Waals surface area contributed by atoms with Crippen molar-refractivity contribution in [3.05, 3.63) is 117 Å². The molecule has 0 amide bonds. The smallest absolute Gasteiger partial charge is 0.265 e. The van der Waals surface area contributed by atoms with Crippen LogP contribution in [0.4, 0.5) is 4.39 Å². The average Bonchev–Trinajstić information content (AvgIpc) is 3.39. The van der Waals surface area contributed by atoms with Crippen molar-refractivity contribution in [1.29, 1.82) is 5.26 Å². The number of hydrogen-bond donors (Lipinski definition) is 0. The van der Waals surface area contributed by atoms with Crippen LogP contribution < -0.4 is 5.56 Å². The zero-order valence-electron chi connectivity index (χ0n) is 18.7. The first-order valence-corrected chi connectivity index (χ1v) is 10.8. The van der Waals surface area contributed by atoms with Gasteiger partial charge in [0.05, 0.1) is 22.2 Å². The molecule has 0 fully saturated rings. The van der Waals surface area contributed by atoms with E-state index in [1.807, 2.05) is 62.5 Å². The molecular weight excluding hydrogens is 429 g/mol. The Bertz CT molecular complexity index is 1630. The Morgan fingerprint density at radius 2 is 1.85 bits per heavy atom. The van der Waals surface area contributed by atoms with E-state index in [9.17, 15) is 14.4 Å². The molecule has 0 unspecified atom stereocenters. The van der Waals surface area contributed by atoms with Crippen LogP contribution >= 0.6 is 0 Å². The van der Waals surface area contributed by atoms with Crippen molar-refractivity contribution in [2.24, 2.45) is 0 Å². The summed E-state index contributed by atoms with van der Waals surface area (Å²) in [7, 11) is 0. The Balaban J connectivity index is 1.61. The first-order valence-electron chi connectivity index (χ1n) is 10.8. The second-order valence-electron chi connectivity index (χ2n) is 8.14. The van der Waals surface area contributed by atoms with Crippen molar-refractivity contribution < 1.29 is 4.39 Å². The van der Waals surface area contributed by atoms with Crippen LogP contribution in [-0.4, -0.2) is 19.3 Å². The largest absolute Gasteiger partial charge is 0.268 e. The minimum absolute atomic E-state index is 0.0737. The number of rotatable bonds is 4. The van der Waals surface area contributed by atoms with Crippen LogP contribution in [0.3, 0.4) is 0 Å². The highest BCUT2D eigenvalue weighted by Gasteiger charge is 2.17. The highest BCUT2D eigenvalue weighted by Crippen LogP contribution is 2.25. The molecule has 2 heterocycles. The fraction of sp³-hybridized carbons (Fsp3) is 0.111. The Morgan fingerprint density at radius 1 is 1.06 bits per heavy atom. The van der Waals surface area contributed by atoms with Gasteiger partial charge in [0.25, 0.3) is 5.56 Å². The topological polar surface area (TPSA) is 76.5 Å². The van der Waals surface area contributed by atoms with E-state index in [2.05, 4.69) is 10.1 Å². The highest BCUT2D eigenvalue weighted by atomic mass is 19.1. The van der Waals surface area contributed by atoms with E-state index in [0.29, 0.717) is 17.3 Å². The molecule has 0 spiro atoms. The van der Waals surface area contributed by atoms with Crippen LogP contribution in [0, 0.1) is 31.0 Å². The Kier molecular flexibility index (Phi) is 5.27. The number of halogens is 1. The second kappa shape index (κ2) is 8.41. The molecule has 0 radical (unpaired) electrons. The maximum absolute atomic E-state index is 14.6. The zero-order chi connectivity index (χ0) is 23.8. The number of fused-ring (bicyclic) bond motifs is 1. The molecule has 0 saturated heterocycles. The monoisotopic (exact) mass is 449 g/mol. The van der Waals surface area contributed by atoms with Gasteiger partial charge in [-0.1, -0.05) is 18.2 Å². The third-order valence-corrected chi connectivity index (χ3v) is 6.17. The minimum atomic E-state index is -0.649. The molecule has 2 aromatic heterocycles. The number of hydrogen-bond acceptors (Lipinski definition) is 4. The maximum Gasteiger partial charge on any atom is 0.265 e. The molecule has 0 aliphatic heterocycles. The van der Waals surface area contributed by atoms with E-state index in [-0.39, 0.29) is 11.3 Å². The van der Waals surface area contributed by atoms with Crippen molar-refractivity contribution in [1.82, 2.24) is 19.3 Å². The summed E-state index contributed by atoms with van der Waals surface area (Å²) >= 11 is 0. The number of nitriles is 1. The Hall–Kier alpha value is -4.57. The van der Waals surface area contributed by atoms with Crippen LogP contribution in [0.1, 0.15) is 27.8 Å². The summed E-state index contributed by atoms with van der Waals surface area (Å²) in [6, 6.07) is 17.9. The van der Waals surface area contributed by atoms with Crippen LogP contribution in [0.5, 0.6) is 0 Å². The van der Waals surface area contributed by atoms with Gasteiger partial charge < -0.3 is 0 Å². The molecule has 7 heteroatoms. The number of aryl methyl sites for hydroxylation is 1. The SMILES string of the molecule is Cc1c(Cc2ccc(-n3cccn3)cc2)cc2c(=O)n(-c3c(F)cccc3C#N)cnc2c1C. The number of para-hydroxylation sites is 1. The van der Waals surface area contributed by atoms with Crippen molar-refractivity contribution in [3.8, 4) is 17.4 Å². The molecule has 0 aliphatic rings. The van der Waals surface area contributed by atoms with Crippen molar-refractivity contribution in [3.63, 3.8) is 0 Å². The van der Waals surface area contributed by atoms with Crippen LogP contribution in [0.15, 0.2) is 78.1 Å². The van der Waals surface area contributed by atoms with Gasteiger partial charge >= 0.3 is 0 Å². The van der Waals surface area contributed by atoms with Crippen molar-refractivity contribution in [2.45, 2.75) is 20.3 Å². The normalized spacial score (nSPS) is 11.0. The van der Waals surface area contributed by atoms with Gasteiger partial charge in [-0.3, -0.25) is 9.36 Å². The van der Waals surface area contributed by atoms with Gasteiger partial charge in [0, 0.05) is 12.4 Å². The van der Waals surface area contributed by atoms with Crippen LogP contribution in [-0.2, 0) is 6.42 Å². The maximum atomic E-state index is 14.6. The molecule has 6 nitrogen and oxygen atoms in total. The predicted octanol–water partition coefficient (Wildman–Crippen LogP) is 4.79. The fourth-order valence-corrected chi connectivity index (χ4v) is 4.20. The van der Waals surface area contributed by atoms with Gasteiger partial charge in [0.15, 0.2) is 0 Å². The lowest BCUT2D eigenvalue weighted by Crippen LogP contribution is -2.21. The lowest BCUT2D eigenvalue weighted by molar-refractivity contribution is 0.615. The summed E-state index contributed by atoms with van der Waals surface area (Å²) in [5.41, 5.74) is 5.14. The minimum Gasteiger partial charge on any atom is -0.268 e. The number of nitrogens with zero attached hydrogens (tertiary/aromatic N) is 5. The third-order valence-electron chi connectivity index (χ3n) is 6.17. The molecule has 5 aromatic rings. The summed E-state index contributed by atoms with van der Waals surface area (Å²) in [6.07, 6.45) is 5.54. The summed E-state index contributed by atoms with van der Waals surface area (Å²) in [5.74, 6) is -0.649. The molecule has 0 N–H and O–H groups in total. The van der Waals surface area contributed by atoms with Gasteiger partial charge in [-0.05, 0) is 78.9 Å². The van der Waals surface area contributed by atoms with E-state index >= 15 is 0 Å². The lowest BCUT2D eigenvalue weighted by Gasteiger charge is -2.14. The molecule has 0 aliphatic carbocycles. The summed E-state index contributed by atoms with van der Waals surface area (Å²) in [5, 5.41) is 14.1. The molecule has 34 heavy (non-hydrogen) atoms. The first-order chi connectivity index (χ1) is 16.5. The van der Waals surface area contributed by atoms with E-state index in [1.54, 1.807) is 10.9 Å². The average molecular weight is 449 g/mol. The van der Waals surface area contributed by atoms with Gasteiger partial charge in [0.1, 0.15) is 23.9 Å². The van der Waals surface area contributed by atoms with Gasteiger partial charge in [-0.25, -0.2) is 14.1 Å². The van der Waals surface area contributed by atoms with E-state index in [1.165, 1.54) is 24.5 Å². The molecule has 3 aromatic carbocycles. The lowest BCUT2D eigenvalue weighted by atomic mass is 9.94. The molecule has 0 atom stereocenters. The first kappa shape index (κ1) is 21.3. The summed E-state index contributed by atoms with van der Waals surface area (Å²) in [4.78, 5) is 17.9. The Labute approximate surface area is 195 Å². The van der Waals surface area contributed by atoms with Gasteiger partial charge in [-0.15, -0.1) is 0 Å². The molecular formula is C27H20FN5O. The van der Waals surface area contributed by atoms with Gasteiger partial charge in [0.2, 0.25) is 0 Å². The number of benzene rings is 3. The molecule has 0 saturated carbocycles. The summed E-state index contributed by atoms with van der Waals surface area (Å²) < 4.78 is 17.5. The summed E-state index contributed by atoms with van der Waals surface area (Å²) in [6.45, 7) is 3.95. The fourth-order valence-electron chi connectivity index (χ4n) is 4.20. The van der Waals surface area contributed by atoms with E-state index in [0.717, 1.165) is 32.5 Å². The zero-order valence-corrected chi connectivity index (χ0v) is 18.7. The third kappa shape index (κ3) is 3.55. The van der Waals surface area contributed by atoms with Crippen molar-refractivity contribution >= 4 is 10.9 Å². The van der Waals surface area contributed by atoms with Crippen LogP contribution in [0.25, 0.3) is 22.3 Å². The number of aromatic nitrogens is 4. The quantitative estimate of drug-likeness (QED) is 0.395. The Morgan fingerprint density at radius 3 is 2.56 bits per heavy atom. The van der Waals surface area contributed by atoms with E-state index < -0.39 is 11.4 Å². The molecule has 166 valence electrons. The molecule has 5 rings (SSSR count). The standard InChI is InChI=1S/C27H20FN5O/c1-17-18(2)25-23(27(34)32(16-30-25)26-20(15-29)5-3-6-24(26)28)14-21(17)13-19-7-9-22(10-8-19)33-12-4-11-31-33/h3-12,14,16H,13H2,1-2H3.